The second kappa shape index (κ2) is 9.31. The lowest BCUT2D eigenvalue weighted by atomic mass is 9.89. The molecule has 4 rings (SSSR count). The Morgan fingerprint density at radius 2 is 1.97 bits per heavy atom. The molecule has 0 bridgehead atoms. The third kappa shape index (κ3) is 5.76. The van der Waals surface area contributed by atoms with Crippen LogP contribution in [0.2, 0.25) is 0 Å². The van der Waals surface area contributed by atoms with E-state index in [1.54, 1.807) is 6.07 Å². The van der Waals surface area contributed by atoms with Gasteiger partial charge >= 0.3 is 5.97 Å². The normalized spacial score (nSPS) is 14.9. The lowest BCUT2D eigenvalue weighted by Gasteiger charge is -2.17. The van der Waals surface area contributed by atoms with E-state index in [1.165, 1.54) is 0 Å². The molecule has 2 N–H and O–H groups in total. The van der Waals surface area contributed by atoms with Gasteiger partial charge in [0.2, 0.25) is 0 Å². The summed E-state index contributed by atoms with van der Waals surface area (Å²) in [5.41, 5.74) is 2.92. The van der Waals surface area contributed by atoms with Crippen LogP contribution in [0.25, 0.3) is 11.1 Å². The number of benzene rings is 1. The number of rotatable bonds is 9. The molecule has 0 saturated heterocycles. The van der Waals surface area contributed by atoms with Gasteiger partial charge < -0.3 is 19.7 Å². The van der Waals surface area contributed by atoms with Crippen molar-refractivity contribution < 1.29 is 24.0 Å². The number of fused-ring (bicyclic) bond motifs is 1. The van der Waals surface area contributed by atoms with Crippen molar-refractivity contribution in [3.63, 3.8) is 0 Å². The summed E-state index contributed by atoms with van der Waals surface area (Å²) in [6, 6.07) is 10.0. The van der Waals surface area contributed by atoms with E-state index in [9.17, 15) is 14.7 Å². The monoisotopic (exact) mass is 451 g/mol. The molecule has 0 spiro atoms. The number of hydrogen-bond donors (Lipinski definition) is 2. The second-order valence-electron chi connectivity index (χ2n) is 9.78. The quantitative estimate of drug-likeness (QED) is 0.503. The Balaban J connectivity index is 1.57. The Labute approximate surface area is 192 Å². The number of aromatic nitrogens is 2. The number of amides is 1. The average molecular weight is 452 g/mol. The van der Waals surface area contributed by atoms with Crippen LogP contribution in [-0.4, -0.2) is 39.8 Å². The van der Waals surface area contributed by atoms with Crippen molar-refractivity contribution in [1.82, 2.24) is 15.5 Å². The third-order valence-electron chi connectivity index (χ3n) is 5.47. The molecule has 1 aliphatic rings. The Bertz CT molecular complexity index is 1150. The maximum absolute atomic E-state index is 13.3. The molecule has 0 radical (unpaired) electrons. The zero-order valence-electron chi connectivity index (χ0n) is 19.1. The van der Waals surface area contributed by atoms with Crippen molar-refractivity contribution in [2.45, 2.75) is 58.6 Å². The molecule has 0 aliphatic heterocycles. The van der Waals surface area contributed by atoms with E-state index in [2.05, 4.69) is 36.2 Å². The molecular formula is C25H29N3O5. The zero-order valence-corrected chi connectivity index (χ0v) is 19.1. The van der Waals surface area contributed by atoms with E-state index < -0.39 is 17.9 Å². The van der Waals surface area contributed by atoms with Gasteiger partial charge in [-0.15, -0.1) is 0 Å². The van der Waals surface area contributed by atoms with Gasteiger partial charge in [0, 0.05) is 11.6 Å². The van der Waals surface area contributed by atoms with E-state index >= 15 is 0 Å². The first-order valence-electron chi connectivity index (χ1n) is 11.2. The smallest absolute Gasteiger partial charge is 0.328 e. The first-order chi connectivity index (χ1) is 15.7. The molecule has 3 aromatic rings. The van der Waals surface area contributed by atoms with Crippen LogP contribution in [-0.2, 0) is 22.6 Å². The molecule has 33 heavy (non-hydrogen) atoms. The minimum absolute atomic E-state index is 0.0818. The van der Waals surface area contributed by atoms with Gasteiger partial charge in [-0.2, -0.15) is 0 Å². The number of carboxylic acids is 1. The highest BCUT2D eigenvalue weighted by Crippen LogP contribution is 2.41. The molecule has 8 heteroatoms. The van der Waals surface area contributed by atoms with Gasteiger partial charge in [-0.05, 0) is 36.3 Å². The first kappa shape index (κ1) is 22.9. The predicted molar refractivity (Wildman–Crippen MR) is 122 cm³/mol. The minimum atomic E-state index is -1.19. The van der Waals surface area contributed by atoms with Gasteiger partial charge in [-0.1, -0.05) is 56.3 Å². The van der Waals surface area contributed by atoms with E-state index in [1.807, 2.05) is 30.3 Å². The number of carboxylic acid groups (broad SMARTS) is 1. The lowest BCUT2D eigenvalue weighted by Crippen LogP contribution is -2.44. The van der Waals surface area contributed by atoms with E-state index in [-0.39, 0.29) is 18.6 Å². The van der Waals surface area contributed by atoms with Crippen molar-refractivity contribution in [2.24, 2.45) is 5.41 Å². The summed E-state index contributed by atoms with van der Waals surface area (Å²) in [7, 11) is 0. The van der Waals surface area contributed by atoms with Crippen LogP contribution in [0.1, 0.15) is 66.8 Å². The number of carbonyl (C=O) groups is 2. The largest absolute Gasteiger partial charge is 0.480 e. The van der Waals surface area contributed by atoms with E-state index in [4.69, 9.17) is 9.26 Å². The summed E-state index contributed by atoms with van der Waals surface area (Å²) in [5, 5.41) is 17.0. The molecular weight excluding hydrogens is 422 g/mol. The Kier molecular flexibility index (Phi) is 6.47. The van der Waals surface area contributed by atoms with Gasteiger partial charge in [0.15, 0.2) is 6.04 Å². The lowest BCUT2D eigenvalue weighted by molar-refractivity contribution is -0.141. The van der Waals surface area contributed by atoms with Crippen LogP contribution in [0.3, 0.4) is 0 Å². The predicted octanol–water partition coefficient (Wildman–Crippen LogP) is 4.09. The van der Waals surface area contributed by atoms with Crippen LogP contribution >= 0.6 is 0 Å². The molecule has 1 saturated carbocycles. The van der Waals surface area contributed by atoms with Crippen LogP contribution in [0.5, 0.6) is 0 Å². The molecule has 1 fully saturated rings. The van der Waals surface area contributed by atoms with Gasteiger partial charge in [0.1, 0.15) is 0 Å². The minimum Gasteiger partial charge on any atom is -0.480 e. The third-order valence-corrected chi connectivity index (χ3v) is 5.47. The van der Waals surface area contributed by atoms with Gasteiger partial charge in [0.05, 0.1) is 29.9 Å². The van der Waals surface area contributed by atoms with E-state index in [0.29, 0.717) is 34.7 Å². The zero-order chi connectivity index (χ0) is 23.6. The number of hydrogen-bond acceptors (Lipinski definition) is 6. The number of pyridine rings is 1. The molecule has 1 aliphatic carbocycles. The molecule has 1 amide bonds. The average Bonchev–Trinajstić information content (AvgIpc) is 3.54. The second-order valence-corrected chi connectivity index (χ2v) is 9.78. The standard InChI is InChI=1S/C25H29N3O5/c1-25(2,3)12-19-21-17(11-18(16-9-10-16)27-23(21)33-28-19)22(29)26-20(24(30)31)14-32-13-15-7-5-4-6-8-15/h4-8,11,16,20H,9-10,12-14H2,1-3H3,(H,26,29)(H,30,31)/t20-/m0/s1. The highest BCUT2D eigenvalue weighted by Gasteiger charge is 2.31. The van der Waals surface area contributed by atoms with E-state index in [0.717, 1.165) is 24.1 Å². The van der Waals surface area contributed by atoms with Crippen LogP contribution in [0.4, 0.5) is 0 Å². The van der Waals surface area contributed by atoms with Crippen LogP contribution < -0.4 is 5.32 Å². The number of nitrogens with one attached hydrogen (secondary N) is 1. The highest BCUT2D eigenvalue weighted by atomic mass is 16.5. The van der Waals surface area contributed by atoms with Gasteiger partial charge in [-0.25, -0.2) is 9.78 Å². The maximum atomic E-state index is 13.3. The fourth-order valence-electron chi connectivity index (χ4n) is 3.70. The molecule has 2 aromatic heterocycles. The number of carbonyl (C=O) groups excluding carboxylic acids is 1. The fraction of sp³-hybridized carbons (Fsp3) is 0.440. The summed E-state index contributed by atoms with van der Waals surface area (Å²) >= 11 is 0. The fourth-order valence-corrected chi connectivity index (χ4v) is 3.70. The molecule has 1 aromatic carbocycles. The summed E-state index contributed by atoms with van der Waals surface area (Å²) < 4.78 is 11.1. The van der Waals surface area contributed by atoms with Crippen molar-refractivity contribution in [3.8, 4) is 0 Å². The van der Waals surface area contributed by atoms with Crippen molar-refractivity contribution in [3.05, 3.63) is 58.9 Å². The first-order valence-corrected chi connectivity index (χ1v) is 11.2. The Morgan fingerprint density at radius 3 is 2.61 bits per heavy atom. The molecule has 0 unspecified atom stereocenters. The van der Waals surface area contributed by atoms with Crippen molar-refractivity contribution >= 4 is 23.0 Å². The molecule has 2 heterocycles. The van der Waals surface area contributed by atoms with Crippen LogP contribution in [0, 0.1) is 5.41 Å². The Morgan fingerprint density at radius 1 is 1.24 bits per heavy atom. The Hall–Kier alpha value is -3.26. The van der Waals surface area contributed by atoms with Gasteiger partial charge in [0.25, 0.3) is 11.6 Å². The van der Waals surface area contributed by atoms with Gasteiger partial charge in [-0.3, -0.25) is 4.79 Å². The summed E-state index contributed by atoms with van der Waals surface area (Å²) in [6.07, 6.45) is 2.61. The number of nitrogens with zero attached hydrogens (tertiary/aromatic N) is 2. The number of ether oxygens (including phenoxy) is 1. The van der Waals surface area contributed by atoms with Crippen LogP contribution in [0.15, 0.2) is 40.9 Å². The summed E-state index contributed by atoms with van der Waals surface area (Å²) in [5.74, 6) is -1.37. The summed E-state index contributed by atoms with van der Waals surface area (Å²) in [4.78, 5) is 29.7. The molecule has 1 atom stereocenters. The molecule has 174 valence electrons. The summed E-state index contributed by atoms with van der Waals surface area (Å²) in [6.45, 7) is 6.32. The van der Waals surface area contributed by atoms with Crippen molar-refractivity contribution in [2.75, 3.05) is 6.61 Å². The van der Waals surface area contributed by atoms with Crippen molar-refractivity contribution in [1.29, 1.82) is 0 Å². The molecule has 8 nitrogen and oxygen atoms in total. The highest BCUT2D eigenvalue weighted by molar-refractivity contribution is 6.07. The number of aliphatic carboxylic acids is 1. The SMILES string of the molecule is CC(C)(C)Cc1noc2nc(C3CC3)cc(C(=O)N[C@@H](COCc3ccccc3)C(=O)O)c12. The maximum Gasteiger partial charge on any atom is 0.328 e. The topological polar surface area (TPSA) is 115 Å².